The molecular weight excluding hydrogens is 372 g/mol. The van der Waals surface area contributed by atoms with Crippen LogP contribution in [0.5, 0.6) is 11.5 Å². The van der Waals surface area contributed by atoms with Gasteiger partial charge in [0.15, 0.2) is 6.61 Å². The largest absolute Gasteiger partial charge is 0.497 e. The molecular formula is C22H28N2O5. The lowest BCUT2D eigenvalue weighted by atomic mass is 10.0. The maximum atomic E-state index is 12.2. The fourth-order valence-corrected chi connectivity index (χ4v) is 2.87. The van der Waals surface area contributed by atoms with Crippen LogP contribution in [0.25, 0.3) is 11.1 Å². The molecule has 7 heteroatoms. The van der Waals surface area contributed by atoms with Crippen LogP contribution in [-0.4, -0.2) is 30.6 Å². The Kier molecular flexibility index (Phi) is 8.00. The van der Waals surface area contributed by atoms with E-state index in [1.807, 2.05) is 6.92 Å². The SMILES string of the molecule is COc1ccc(-c2cc([N+](=O)[O-])ccc2OCC(=O)NC(C)CCC(C)C)cc1. The second-order valence-corrected chi connectivity index (χ2v) is 7.39. The lowest BCUT2D eigenvalue weighted by molar-refractivity contribution is -0.384. The van der Waals surface area contributed by atoms with Crippen molar-refractivity contribution in [3.05, 3.63) is 52.6 Å². The van der Waals surface area contributed by atoms with Crippen LogP contribution in [0.1, 0.15) is 33.6 Å². The van der Waals surface area contributed by atoms with Crippen LogP contribution in [-0.2, 0) is 4.79 Å². The number of carbonyl (C=O) groups is 1. The van der Waals surface area contributed by atoms with Crippen LogP contribution in [0.3, 0.4) is 0 Å². The molecule has 2 aromatic carbocycles. The van der Waals surface area contributed by atoms with Crippen LogP contribution >= 0.6 is 0 Å². The summed E-state index contributed by atoms with van der Waals surface area (Å²) in [6, 6.07) is 11.5. The molecule has 1 atom stereocenters. The summed E-state index contributed by atoms with van der Waals surface area (Å²) in [4.78, 5) is 22.9. The van der Waals surface area contributed by atoms with Gasteiger partial charge in [0.05, 0.1) is 12.0 Å². The first-order valence-corrected chi connectivity index (χ1v) is 9.65. The summed E-state index contributed by atoms with van der Waals surface area (Å²) in [5.74, 6) is 1.44. The van der Waals surface area contributed by atoms with Crippen molar-refractivity contribution in [3.8, 4) is 22.6 Å². The highest BCUT2D eigenvalue weighted by molar-refractivity contribution is 5.79. The molecule has 0 aliphatic heterocycles. The van der Waals surface area contributed by atoms with E-state index in [1.54, 1.807) is 31.4 Å². The lowest BCUT2D eigenvalue weighted by Gasteiger charge is -2.16. The number of nitrogens with one attached hydrogen (secondary N) is 1. The van der Waals surface area contributed by atoms with Gasteiger partial charge in [-0.3, -0.25) is 14.9 Å². The summed E-state index contributed by atoms with van der Waals surface area (Å²) >= 11 is 0. The Balaban J connectivity index is 2.13. The van der Waals surface area contributed by atoms with Crippen LogP contribution in [0.4, 0.5) is 5.69 Å². The van der Waals surface area contributed by atoms with Crippen LogP contribution < -0.4 is 14.8 Å². The summed E-state index contributed by atoms with van der Waals surface area (Å²) in [5.41, 5.74) is 1.23. The highest BCUT2D eigenvalue weighted by atomic mass is 16.6. The smallest absolute Gasteiger partial charge is 0.270 e. The predicted molar refractivity (Wildman–Crippen MR) is 112 cm³/mol. The van der Waals surface area contributed by atoms with Crippen molar-refractivity contribution >= 4 is 11.6 Å². The minimum atomic E-state index is -0.458. The first-order chi connectivity index (χ1) is 13.8. The number of hydrogen-bond acceptors (Lipinski definition) is 5. The number of methoxy groups -OCH3 is 1. The average Bonchev–Trinajstić information content (AvgIpc) is 2.70. The Morgan fingerprint density at radius 3 is 2.38 bits per heavy atom. The van der Waals surface area contributed by atoms with E-state index < -0.39 is 4.92 Å². The van der Waals surface area contributed by atoms with E-state index in [9.17, 15) is 14.9 Å². The molecule has 0 fully saturated rings. The van der Waals surface area contributed by atoms with Crippen molar-refractivity contribution in [2.45, 2.75) is 39.7 Å². The Bertz CT molecular complexity index is 834. The van der Waals surface area contributed by atoms with Gasteiger partial charge in [0, 0.05) is 23.7 Å². The Hall–Kier alpha value is -3.09. The molecule has 0 heterocycles. The minimum Gasteiger partial charge on any atom is -0.497 e. The van der Waals surface area contributed by atoms with E-state index >= 15 is 0 Å². The summed E-state index contributed by atoms with van der Waals surface area (Å²) in [6.45, 7) is 6.10. The van der Waals surface area contributed by atoms with Gasteiger partial charge in [0.1, 0.15) is 11.5 Å². The average molecular weight is 400 g/mol. The molecule has 7 nitrogen and oxygen atoms in total. The third-order valence-electron chi connectivity index (χ3n) is 4.52. The van der Waals surface area contributed by atoms with Gasteiger partial charge >= 0.3 is 0 Å². The normalized spacial score (nSPS) is 11.8. The maximum Gasteiger partial charge on any atom is 0.270 e. The molecule has 0 bridgehead atoms. The number of amides is 1. The molecule has 0 aliphatic carbocycles. The van der Waals surface area contributed by atoms with E-state index in [1.165, 1.54) is 18.2 Å². The molecule has 1 unspecified atom stereocenters. The predicted octanol–water partition coefficient (Wildman–Crippen LogP) is 4.59. The number of non-ortho nitro benzene ring substituents is 1. The molecule has 0 aromatic heterocycles. The molecule has 1 N–H and O–H groups in total. The highest BCUT2D eigenvalue weighted by Crippen LogP contribution is 2.34. The number of nitro benzene ring substituents is 1. The molecule has 0 aliphatic rings. The molecule has 29 heavy (non-hydrogen) atoms. The number of nitrogens with zero attached hydrogens (tertiary/aromatic N) is 1. The molecule has 2 aromatic rings. The van der Waals surface area contributed by atoms with Crippen LogP contribution in [0, 0.1) is 16.0 Å². The molecule has 156 valence electrons. The topological polar surface area (TPSA) is 90.7 Å². The van der Waals surface area contributed by atoms with Gasteiger partial charge in [-0.1, -0.05) is 26.0 Å². The third kappa shape index (κ3) is 6.78. The van der Waals surface area contributed by atoms with E-state index in [2.05, 4.69) is 19.2 Å². The monoisotopic (exact) mass is 400 g/mol. The van der Waals surface area contributed by atoms with Gasteiger partial charge in [0.2, 0.25) is 0 Å². The zero-order chi connectivity index (χ0) is 21.4. The van der Waals surface area contributed by atoms with Gasteiger partial charge in [0.25, 0.3) is 11.6 Å². The molecule has 2 rings (SSSR count). The Morgan fingerprint density at radius 2 is 1.79 bits per heavy atom. The molecule has 0 radical (unpaired) electrons. The van der Waals surface area contributed by atoms with Crippen molar-refractivity contribution < 1.29 is 19.2 Å². The highest BCUT2D eigenvalue weighted by Gasteiger charge is 2.15. The van der Waals surface area contributed by atoms with Crippen molar-refractivity contribution in [2.24, 2.45) is 5.92 Å². The maximum absolute atomic E-state index is 12.2. The van der Waals surface area contributed by atoms with Crippen molar-refractivity contribution in [1.29, 1.82) is 0 Å². The molecule has 1 amide bonds. The number of carbonyl (C=O) groups excluding carboxylic acids is 1. The second kappa shape index (κ2) is 10.5. The minimum absolute atomic E-state index is 0.0464. The van der Waals surface area contributed by atoms with Gasteiger partial charge < -0.3 is 14.8 Å². The van der Waals surface area contributed by atoms with Gasteiger partial charge in [-0.2, -0.15) is 0 Å². The standard InChI is InChI=1S/C22H28N2O5/c1-15(2)5-6-16(3)23-22(25)14-29-21-12-9-18(24(26)27)13-20(21)17-7-10-19(28-4)11-8-17/h7-13,15-16H,5-6,14H2,1-4H3,(H,23,25). The zero-order valence-corrected chi connectivity index (χ0v) is 17.3. The molecule has 0 saturated carbocycles. The number of hydrogen-bond donors (Lipinski definition) is 1. The number of rotatable bonds is 10. The van der Waals surface area contributed by atoms with Crippen molar-refractivity contribution in [1.82, 2.24) is 5.32 Å². The number of nitro groups is 1. The first kappa shape index (κ1) is 22.2. The summed E-state index contributed by atoms with van der Waals surface area (Å²) in [6.07, 6.45) is 1.93. The quantitative estimate of drug-likeness (QED) is 0.465. The fourth-order valence-electron chi connectivity index (χ4n) is 2.87. The summed E-state index contributed by atoms with van der Waals surface area (Å²) < 4.78 is 10.9. The van der Waals surface area contributed by atoms with Gasteiger partial charge in [-0.05, 0) is 49.4 Å². The van der Waals surface area contributed by atoms with E-state index in [-0.39, 0.29) is 24.2 Å². The summed E-state index contributed by atoms with van der Waals surface area (Å²) in [5, 5.41) is 14.1. The van der Waals surface area contributed by atoms with E-state index in [4.69, 9.17) is 9.47 Å². The van der Waals surface area contributed by atoms with Gasteiger partial charge in [-0.15, -0.1) is 0 Å². The number of ether oxygens (including phenoxy) is 2. The first-order valence-electron chi connectivity index (χ1n) is 9.65. The van der Waals surface area contributed by atoms with Crippen LogP contribution in [0.2, 0.25) is 0 Å². The van der Waals surface area contributed by atoms with Crippen LogP contribution in [0.15, 0.2) is 42.5 Å². The zero-order valence-electron chi connectivity index (χ0n) is 17.3. The van der Waals surface area contributed by atoms with Crippen molar-refractivity contribution in [2.75, 3.05) is 13.7 Å². The Morgan fingerprint density at radius 1 is 1.10 bits per heavy atom. The van der Waals surface area contributed by atoms with E-state index in [0.717, 1.165) is 18.4 Å². The number of benzene rings is 2. The summed E-state index contributed by atoms with van der Waals surface area (Å²) in [7, 11) is 1.57. The van der Waals surface area contributed by atoms with Gasteiger partial charge in [-0.25, -0.2) is 0 Å². The molecule has 0 spiro atoms. The fraction of sp³-hybridized carbons (Fsp3) is 0.409. The second-order valence-electron chi connectivity index (χ2n) is 7.39. The Labute approximate surface area is 171 Å². The lowest BCUT2D eigenvalue weighted by Crippen LogP contribution is -2.36. The van der Waals surface area contributed by atoms with Crippen molar-refractivity contribution in [3.63, 3.8) is 0 Å². The molecule has 0 saturated heterocycles. The third-order valence-corrected chi connectivity index (χ3v) is 4.52. The van der Waals surface area contributed by atoms with E-state index in [0.29, 0.717) is 23.0 Å².